The molecule has 1 N–H and O–H groups in total. The highest BCUT2D eigenvalue weighted by atomic mass is 32.1. The van der Waals surface area contributed by atoms with Gasteiger partial charge in [-0.2, -0.15) is 0 Å². The molecule has 1 amide bonds. The molecule has 2 fully saturated rings. The van der Waals surface area contributed by atoms with Crippen LogP contribution in [0.2, 0.25) is 0 Å². The van der Waals surface area contributed by atoms with E-state index in [2.05, 4.69) is 18.5 Å². The molecule has 2 aliphatic rings. The fourth-order valence-electron chi connectivity index (χ4n) is 4.60. The van der Waals surface area contributed by atoms with E-state index >= 15 is 0 Å². The zero-order chi connectivity index (χ0) is 24.4. The second-order valence-corrected chi connectivity index (χ2v) is 10.3. The van der Waals surface area contributed by atoms with Gasteiger partial charge in [0.15, 0.2) is 0 Å². The number of carbonyl (C=O) groups is 1. The summed E-state index contributed by atoms with van der Waals surface area (Å²) in [6.45, 7) is 8.20. The number of rotatable bonds is 8. The molecule has 1 aliphatic heterocycles. The average Bonchev–Trinajstić information content (AvgIpc) is 3.31. The summed E-state index contributed by atoms with van der Waals surface area (Å²) < 4.78 is 33.5. The van der Waals surface area contributed by atoms with Crippen LogP contribution in [0.15, 0.2) is 35.8 Å². The Morgan fingerprint density at radius 2 is 1.97 bits per heavy atom. The van der Waals surface area contributed by atoms with Gasteiger partial charge in [0.1, 0.15) is 34.7 Å². The first-order valence-electron chi connectivity index (χ1n) is 11.7. The van der Waals surface area contributed by atoms with Gasteiger partial charge in [-0.3, -0.25) is 4.79 Å². The summed E-state index contributed by atoms with van der Waals surface area (Å²) in [6.07, 6.45) is 4.55. The molecule has 1 saturated heterocycles. The Hall–Kier alpha value is -2.58. The molecule has 2 unspecified atom stereocenters. The maximum atomic E-state index is 13.7. The van der Waals surface area contributed by atoms with Crippen molar-refractivity contribution >= 4 is 34.2 Å². The molecule has 2 atom stereocenters. The van der Waals surface area contributed by atoms with E-state index in [9.17, 15) is 18.7 Å². The van der Waals surface area contributed by atoms with Crippen molar-refractivity contribution in [3.8, 4) is 0 Å². The van der Waals surface area contributed by atoms with E-state index in [4.69, 9.17) is 4.74 Å². The number of halogens is 2. The summed E-state index contributed by atoms with van der Waals surface area (Å²) in [6, 6.07) is 4.73. The highest BCUT2D eigenvalue weighted by Crippen LogP contribution is 2.43. The van der Waals surface area contributed by atoms with Crippen LogP contribution < -0.4 is 0 Å². The Balaban J connectivity index is 1.38. The summed E-state index contributed by atoms with van der Waals surface area (Å²) in [4.78, 5) is 20.2. The van der Waals surface area contributed by atoms with Gasteiger partial charge in [0, 0.05) is 23.1 Å². The molecule has 0 radical (unpaired) electrons. The zero-order valence-electron chi connectivity index (χ0n) is 19.5. The van der Waals surface area contributed by atoms with E-state index in [1.807, 2.05) is 19.2 Å². The first-order chi connectivity index (χ1) is 16.3. The lowest BCUT2D eigenvalue weighted by atomic mass is 9.81. The van der Waals surface area contributed by atoms with Crippen LogP contribution in [0, 0.1) is 24.5 Å². The quantitative estimate of drug-likeness (QED) is 0.351. The third-order valence-electron chi connectivity index (χ3n) is 6.39. The first-order valence-corrected chi connectivity index (χ1v) is 12.5. The van der Waals surface area contributed by atoms with Gasteiger partial charge in [0.2, 0.25) is 5.91 Å². The van der Waals surface area contributed by atoms with Crippen LogP contribution in [0.5, 0.6) is 0 Å². The molecule has 0 spiro atoms. The second-order valence-electron chi connectivity index (χ2n) is 9.03. The highest BCUT2D eigenvalue weighted by Gasteiger charge is 2.45. The number of hydrogen-bond acceptors (Lipinski definition) is 5. The summed E-state index contributed by atoms with van der Waals surface area (Å²) >= 11 is 1.59. The topological polar surface area (TPSA) is 62.1 Å². The van der Waals surface area contributed by atoms with Crippen molar-refractivity contribution in [1.82, 2.24) is 4.90 Å². The van der Waals surface area contributed by atoms with Crippen LogP contribution >= 0.6 is 11.3 Å². The van der Waals surface area contributed by atoms with Crippen LogP contribution in [0.3, 0.4) is 0 Å². The predicted molar refractivity (Wildman–Crippen MR) is 130 cm³/mol. The fourth-order valence-corrected chi connectivity index (χ4v) is 5.49. The second kappa shape index (κ2) is 10.4. The Morgan fingerprint density at radius 1 is 1.26 bits per heavy atom. The molecule has 182 valence electrons. The minimum atomic E-state index is -0.962. The molecule has 34 heavy (non-hydrogen) atoms. The largest absolute Gasteiger partial charge is 0.490 e. The normalized spacial score (nSPS) is 24.4. The summed E-state index contributed by atoms with van der Waals surface area (Å²) in [5.41, 5.74) is 1.24. The van der Waals surface area contributed by atoms with Crippen molar-refractivity contribution in [2.45, 2.75) is 70.7 Å². The van der Waals surface area contributed by atoms with Crippen molar-refractivity contribution in [3.63, 3.8) is 0 Å². The number of aliphatic imine (C=N–C) groups is 1. The average molecular weight is 489 g/mol. The van der Waals surface area contributed by atoms with Gasteiger partial charge in [-0.25, -0.2) is 13.8 Å². The Kier molecular flexibility index (Phi) is 7.48. The number of aryl methyl sites for hydroxylation is 1. The van der Waals surface area contributed by atoms with Crippen LogP contribution in [0.1, 0.15) is 67.5 Å². The number of nitrogens with zero attached hydrogens (tertiary/aromatic N) is 2. The van der Waals surface area contributed by atoms with Crippen LogP contribution in [-0.2, 0) is 9.53 Å². The van der Waals surface area contributed by atoms with Crippen LogP contribution in [-0.4, -0.2) is 34.5 Å². The maximum absolute atomic E-state index is 13.7. The van der Waals surface area contributed by atoms with Crippen LogP contribution in [0.25, 0.3) is 5.76 Å². The van der Waals surface area contributed by atoms with E-state index in [1.54, 1.807) is 11.3 Å². The van der Waals surface area contributed by atoms with Crippen molar-refractivity contribution in [3.05, 3.63) is 58.5 Å². The Morgan fingerprint density at radius 3 is 2.65 bits per heavy atom. The van der Waals surface area contributed by atoms with E-state index in [0.29, 0.717) is 37.0 Å². The van der Waals surface area contributed by atoms with Crippen molar-refractivity contribution in [2.75, 3.05) is 0 Å². The highest BCUT2D eigenvalue weighted by molar-refractivity contribution is 7.16. The molecular formula is C26H30F2N2O3S. The monoisotopic (exact) mass is 488 g/mol. The van der Waals surface area contributed by atoms with Gasteiger partial charge in [0.25, 0.3) is 0 Å². The van der Waals surface area contributed by atoms with E-state index in [1.165, 1.54) is 17.0 Å². The van der Waals surface area contributed by atoms with Gasteiger partial charge in [-0.1, -0.05) is 19.9 Å². The lowest BCUT2D eigenvalue weighted by Gasteiger charge is -2.39. The number of aliphatic hydroxyl groups excluding tert-OH is 1. The smallest absolute Gasteiger partial charge is 0.228 e. The zero-order valence-corrected chi connectivity index (χ0v) is 20.3. The molecule has 1 aromatic heterocycles. The van der Waals surface area contributed by atoms with Crippen molar-refractivity contribution in [1.29, 1.82) is 0 Å². The third-order valence-corrected chi connectivity index (χ3v) is 7.35. The predicted octanol–water partition coefficient (Wildman–Crippen LogP) is 6.29. The number of amides is 1. The molecule has 5 nitrogen and oxygen atoms in total. The molecule has 8 heteroatoms. The molecule has 2 aromatic rings. The van der Waals surface area contributed by atoms with E-state index < -0.39 is 23.9 Å². The van der Waals surface area contributed by atoms with E-state index in [-0.39, 0.29) is 17.9 Å². The van der Waals surface area contributed by atoms with Gasteiger partial charge >= 0.3 is 0 Å². The van der Waals surface area contributed by atoms with E-state index in [0.717, 1.165) is 34.3 Å². The fraction of sp³-hybridized carbons (Fsp3) is 0.462. The van der Waals surface area contributed by atoms with Gasteiger partial charge in [-0.15, -0.1) is 11.3 Å². The van der Waals surface area contributed by atoms with Gasteiger partial charge in [0.05, 0.1) is 11.6 Å². The molecule has 0 bridgehead atoms. The van der Waals surface area contributed by atoms with Crippen molar-refractivity contribution < 1.29 is 23.4 Å². The molecular weight excluding hydrogens is 458 g/mol. The Bertz CT molecular complexity index is 1070. The summed E-state index contributed by atoms with van der Waals surface area (Å²) in [5.74, 6) is -1.36. The lowest BCUT2D eigenvalue weighted by molar-refractivity contribution is -0.152. The number of likely N-dealkylation sites (tertiary alicyclic amines) is 1. The number of ether oxygens (including phenoxy) is 1. The molecule has 1 saturated carbocycles. The minimum absolute atomic E-state index is 0.154. The molecule has 4 rings (SSSR count). The van der Waals surface area contributed by atoms with Crippen molar-refractivity contribution in [2.24, 2.45) is 10.9 Å². The molecule has 2 heterocycles. The summed E-state index contributed by atoms with van der Waals surface area (Å²) in [5, 5.41) is 11.3. The first kappa shape index (κ1) is 24.5. The Labute approximate surface area is 202 Å². The SMILES string of the molecule is C=C(OC1CC(C(=O)N2C(O)CCC2c2cc(F)cc(F)c2)C1)c1cc(C)sc1/N=C\CCC. The third kappa shape index (κ3) is 5.23. The number of aliphatic hydroxyl groups is 1. The molecule has 1 aromatic carbocycles. The standard InChI is InChI=1S/C26H30F2N2O3S/c1-4-5-8-29-25-22(9-15(2)34-25)16(3)33-21-12-18(13-21)26(32)30-23(6-7-24(30)31)17-10-19(27)14-20(28)11-17/h8-11,14,18,21,23-24,31H,3-7,12-13H2,1-2H3/b29-8-. The van der Waals surface area contributed by atoms with Gasteiger partial charge < -0.3 is 14.7 Å². The maximum Gasteiger partial charge on any atom is 0.228 e. The van der Waals surface area contributed by atoms with Crippen LogP contribution in [0.4, 0.5) is 13.8 Å². The number of carbonyl (C=O) groups excluding carboxylic acids is 1. The minimum Gasteiger partial charge on any atom is -0.490 e. The number of hydrogen-bond donors (Lipinski definition) is 1. The number of unbranched alkanes of at least 4 members (excludes halogenated alkanes) is 1. The number of benzene rings is 1. The summed E-state index contributed by atoms with van der Waals surface area (Å²) in [7, 11) is 0. The molecule has 1 aliphatic carbocycles. The number of thiophene rings is 1. The lowest BCUT2D eigenvalue weighted by Crippen LogP contribution is -2.47. The van der Waals surface area contributed by atoms with Gasteiger partial charge in [-0.05, 0) is 62.8 Å².